The zero-order valence-corrected chi connectivity index (χ0v) is 21.7. The molecule has 1 saturated heterocycles. The maximum absolute atomic E-state index is 13.7. The third kappa shape index (κ3) is 5.33. The number of hydrogen-bond acceptors (Lipinski definition) is 6. The Hall–Kier alpha value is -2.98. The number of carbonyl (C=O) groups excluding carboxylic acids is 3. The molecule has 2 aromatic rings. The molecule has 1 aromatic carbocycles. The van der Waals surface area contributed by atoms with Crippen LogP contribution in [-0.4, -0.2) is 54.6 Å². The second-order valence-electron chi connectivity index (χ2n) is 8.64. The monoisotopic (exact) mass is 503 g/mol. The summed E-state index contributed by atoms with van der Waals surface area (Å²) in [6.07, 6.45) is 0.718. The predicted molar refractivity (Wildman–Crippen MR) is 132 cm³/mol. The highest BCUT2D eigenvalue weighted by Crippen LogP contribution is 2.32. The Balaban J connectivity index is 1.76. The van der Waals surface area contributed by atoms with Crippen molar-refractivity contribution in [3.63, 3.8) is 0 Å². The van der Waals surface area contributed by atoms with Gasteiger partial charge in [0.2, 0.25) is 15.9 Å². The molecule has 35 heavy (non-hydrogen) atoms. The molecule has 0 unspecified atom stereocenters. The Kier molecular flexibility index (Phi) is 8.17. The fraction of sp³-hybridized carbons (Fsp3) is 0.480. The van der Waals surface area contributed by atoms with E-state index in [9.17, 15) is 22.8 Å². The van der Waals surface area contributed by atoms with Crippen molar-refractivity contribution in [3.8, 4) is 0 Å². The molecule has 3 rings (SSSR count). The standard InChI is InChI=1S/C25H33N3O6S/c1-6-28-16(3)22(25(31)34-7-2)23(17(28)4)35(32,33)27-14-12-20(13-15-27)24(30)26-21-10-8-19(9-11-21)18(5)29/h8-11,20H,6-7,12-15H2,1-5H3,(H,26,30). The molecule has 1 aromatic heterocycles. The van der Waals surface area contributed by atoms with Gasteiger partial charge in [0.15, 0.2) is 5.78 Å². The second-order valence-corrected chi connectivity index (χ2v) is 10.5. The summed E-state index contributed by atoms with van der Waals surface area (Å²) in [5.74, 6) is -1.23. The third-order valence-electron chi connectivity index (χ3n) is 6.50. The van der Waals surface area contributed by atoms with Gasteiger partial charge in [0.1, 0.15) is 10.5 Å². The lowest BCUT2D eigenvalue weighted by atomic mass is 9.97. The van der Waals surface area contributed by atoms with Crippen LogP contribution in [0.25, 0.3) is 0 Å². The first-order valence-electron chi connectivity index (χ1n) is 11.8. The number of rotatable bonds is 8. The Labute approximate surface area is 206 Å². The highest BCUT2D eigenvalue weighted by Gasteiger charge is 2.38. The molecule has 1 N–H and O–H groups in total. The van der Waals surface area contributed by atoms with Gasteiger partial charge in [0, 0.05) is 48.2 Å². The predicted octanol–water partition coefficient (Wildman–Crippen LogP) is 3.54. The molecule has 0 bridgehead atoms. The lowest BCUT2D eigenvalue weighted by Gasteiger charge is -2.30. The number of piperidine rings is 1. The van der Waals surface area contributed by atoms with Crippen molar-refractivity contribution in [2.24, 2.45) is 5.92 Å². The average molecular weight is 504 g/mol. The van der Waals surface area contributed by atoms with Crippen molar-refractivity contribution in [2.75, 3.05) is 25.0 Å². The van der Waals surface area contributed by atoms with E-state index in [0.29, 0.717) is 42.0 Å². The van der Waals surface area contributed by atoms with Crippen LogP contribution in [0, 0.1) is 19.8 Å². The summed E-state index contributed by atoms with van der Waals surface area (Å²) in [5, 5.41) is 2.85. The largest absolute Gasteiger partial charge is 0.462 e. The van der Waals surface area contributed by atoms with Crippen molar-refractivity contribution in [1.82, 2.24) is 8.87 Å². The molecule has 2 heterocycles. The van der Waals surface area contributed by atoms with Crippen LogP contribution in [0.3, 0.4) is 0 Å². The van der Waals surface area contributed by atoms with Crippen LogP contribution < -0.4 is 5.32 Å². The number of sulfonamides is 1. The van der Waals surface area contributed by atoms with Gasteiger partial charge in [-0.15, -0.1) is 0 Å². The quantitative estimate of drug-likeness (QED) is 0.435. The van der Waals surface area contributed by atoms with E-state index in [2.05, 4.69) is 5.32 Å². The molecule has 0 aliphatic carbocycles. The number of ketones is 1. The first-order valence-corrected chi connectivity index (χ1v) is 13.3. The van der Waals surface area contributed by atoms with E-state index >= 15 is 0 Å². The first kappa shape index (κ1) is 26.6. The van der Waals surface area contributed by atoms with Crippen LogP contribution in [0.1, 0.15) is 65.7 Å². The van der Waals surface area contributed by atoms with Gasteiger partial charge in [0.05, 0.1) is 6.61 Å². The molecular formula is C25H33N3O6S. The van der Waals surface area contributed by atoms with Crippen molar-refractivity contribution in [3.05, 3.63) is 46.8 Å². The van der Waals surface area contributed by atoms with Crippen LogP contribution in [-0.2, 0) is 26.1 Å². The van der Waals surface area contributed by atoms with Crippen LogP contribution in [0.5, 0.6) is 0 Å². The Morgan fingerprint density at radius 3 is 2.14 bits per heavy atom. The molecule has 0 saturated carbocycles. The van der Waals surface area contributed by atoms with E-state index in [4.69, 9.17) is 4.74 Å². The van der Waals surface area contributed by atoms with Crippen molar-refractivity contribution < 1.29 is 27.5 Å². The molecule has 0 atom stereocenters. The number of ether oxygens (including phenoxy) is 1. The molecule has 9 nitrogen and oxygen atoms in total. The van der Waals surface area contributed by atoms with Crippen molar-refractivity contribution in [1.29, 1.82) is 0 Å². The summed E-state index contributed by atoms with van der Waals surface area (Å²) in [6, 6.07) is 6.66. The fourth-order valence-electron chi connectivity index (χ4n) is 4.61. The summed E-state index contributed by atoms with van der Waals surface area (Å²) < 4.78 is 35.6. The topological polar surface area (TPSA) is 115 Å². The molecule has 1 aliphatic heterocycles. The SMILES string of the molecule is CCOC(=O)c1c(S(=O)(=O)N2CCC(C(=O)Nc3ccc(C(C)=O)cc3)CC2)c(C)n(CC)c1C. The summed E-state index contributed by atoms with van der Waals surface area (Å²) in [5.41, 5.74) is 2.29. The number of Topliss-reactive ketones (excluding diaryl/α,β-unsaturated/α-hetero) is 1. The summed E-state index contributed by atoms with van der Waals surface area (Å²) in [6.45, 7) is 9.47. The number of amides is 1. The number of benzene rings is 1. The summed E-state index contributed by atoms with van der Waals surface area (Å²) in [4.78, 5) is 36.8. The van der Waals surface area contributed by atoms with Gasteiger partial charge in [0.25, 0.3) is 0 Å². The maximum Gasteiger partial charge on any atom is 0.341 e. The van der Waals surface area contributed by atoms with Gasteiger partial charge >= 0.3 is 5.97 Å². The van der Waals surface area contributed by atoms with E-state index < -0.39 is 16.0 Å². The molecule has 1 aliphatic rings. The van der Waals surface area contributed by atoms with Gasteiger partial charge in [-0.3, -0.25) is 9.59 Å². The van der Waals surface area contributed by atoms with Gasteiger partial charge in [-0.2, -0.15) is 4.31 Å². The van der Waals surface area contributed by atoms with Crippen LogP contribution in [0.4, 0.5) is 5.69 Å². The number of carbonyl (C=O) groups is 3. The molecular weight excluding hydrogens is 470 g/mol. The zero-order valence-electron chi connectivity index (χ0n) is 20.9. The molecule has 0 spiro atoms. The van der Waals surface area contributed by atoms with Crippen LogP contribution in [0.2, 0.25) is 0 Å². The fourth-order valence-corrected chi connectivity index (χ4v) is 6.53. The minimum atomic E-state index is -3.97. The van der Waals surface area contributed by atoms with E-state index in [0.717, 1.165) is 0 Å². The highest BCUT2D eigenvalue weighted by molar-refractivity contribution is 7.89. The van der Waals surface area contributed by atoms with E-state index in [1.807, 2.05) is 6.92 Å². The number of aromatic nitrogens is 1. The molecule has 10 heteroatoms. The average Bonchev–Trinajstić information content (AvgIpc) is 3.09. The molecule has 190 valence electrons. The van der Waals surface area contributed by atoms with E-state index in [1.165, 1.54) is 11.2 Å². The van der Waals surface area contributed by atoms with E-state index in [-0.39, 0.29) is 47.8 Å². The van der Waals surface area contributed by atoms with Gasteiger partial charge < -0.3 is 14.6 Å². The number of hydrogen-bond donors (Lipinski definition) is 1. The zero-order chi connectivity index (χ0) is 25.9. The van der Waals surface area contributed by atoms with Crippen LogP contribution >= 0.6 is 0 Å². The lowest BCUT2D eigenvalue weighted by Crippen LogP contribution is -2.42. The van der Waals surface area contributed by atoms with Crippen molar-refractivity contribution in [2.45, 2.75) is 58.9 Å². The van der Waals surface area contributed by atoms with Crippen LogP contribution in [0.15, 0.2) is 29.2 Å². The number of anilines is 1. The van der Waals surface area contributed by atoms with Gasteiger partial charge in [-0.05, 0) is 71.7 Å². The number of nitrogens with zero attached hydrogens (tertiary/aromatic N) is 2. The molecule has 1 amide bonds. The molecule has 1 fully saturated rings. The van der Waals surface area contributed by atoms with Gasteiger partial charge in [-0.25, -0.2) is 13.2 Å². The normalized spacial score (nSPS) is 15.1. The summed E-state index contributed by atoms with van der Waals surface area (Å²) >= 11 is 0. The minimum Gasteiger partial charge on any atom is -0.462 e. The Morgan fingerprint density at radius 1 is 1.03 bits per heavy atom. The van der Waals surface area contributed by atoms with Crippen molar-refractivity contribution >= 4 is 33.4 Å². The third-order valence-corrected chi connectivity index (χ3v) is 8.56. The smallest absolute Gasteiger partial charge is 0.341 e. The maximum atomic E-state index is 13.7. The highest BCUT2D eigenvalue weighted by atomic mass is 32.2. The lowest BCUT2D eigenvalue weighted by molar-refractivity contribution is -0.120. The second kappa shape index (κ2) is 10.7. The first-order chi connectivity index (χ1) is 16.5. The van der Waals surface area contributed by atoms with Gasteiger partial charge in [-0.1, -0.05) is 0 Å². The Morgan fingerprint density at radius 2 is 1.63 bits per heavy atom. The Bertz CT molecular complexity index is 1220. The summed E-state index contributed by atoms with van der Waals surface area (Å²) in [7, 11) is -3.97. The number of nitrogens with one attached hydrogen (secondary N) is 1. The molecule has 0 radical (unpaired) electrons. The van der Waals surface area contributed by atoms with E-state index in [1.54, 1.807) is 49.6 Å². The minimum absolute atomic E-state index is 0.0104. The number of esters is 1.